The molecular formula is C11H13Cl. The molecule has 0 amide bonds. The van der Waals surface area contributed by atoms with E-state index in [1.165, 1.54) is 17.5 Å². The van der Waals surface area contributed by atoms with E-state index < -0.39 is 0 Å². The third kappa shape index (κ3) is 1.36. The third-order valence-corrected chi connectivity index (χ3v) is 2.75. The zero-order valence-electron chi connectivity index (χ0n) is 7.26. The van der Waals surface area contributed by atoms with Gasteiger partial charge in [-0.3, -0.25) is 0 Å². The predicted octanol–water partition coefficient (Wildman–Crippen LogP) is 3.34. The maximum atomic E-state index is 5.95. The van der Waals surface area contributed by atoms with Crippen molar-refractivity contribution in [3.05, 3.63) is 35.4 Å². The van der Waals surface area contributed by atoms with Gasteiger partial charge in [0.15, 0.2) is 0 Å². The highest BCUT2D eigenvalue weighted by molar-refractivity contribution is 6.20. The Bertz CT molecular complexity index is 278. The molecule has 64 valence electrons. The fourth-order valence-corrected chi connectivity index (χ4v) is 2.18. The van der Waals surface area contributed by atoms with Gasteiger partial charge in [-0.25, -0.2) is 0 Å². The van der Waals surface area contributed by atoms with Crippen molar-refractivity contribution >= 4 is 11.6 Å². The molecule has 0 saturated heterocycles. The first kappa shape index (κ1) is 8.12. The van der Waals surface area contributed by atoms with Crippen LogP contribution in [-0.2, 0) is 6.42 Å². The van der Waals surface area contributed by atoms with E-state index in [2.05, 4.69) is 31.2 Å². The summed E-state index contributed by atoms with van der Waals surface area (Å²) in [7, 11) is 0. The summed E-state index contributed by atoms with van der Waals surface area (Å²) in [6, 6.07) is 8.66. The van der Waals surface area contributed by atoms with Crippen molar-refractivity contribution in [3.8, 4) is 0 Å². The zero-order chi connectivity index (χ0) is 8.55. The van der Waals surface area contributed by atoms with Gasteiger partial charge in [0.1, 0.15) is 0 Å². The molecule has 1 aromatic rings. The quantitative estimate of drug-likeness (QED) is 0.613. The van der Waals surface area contributed by atoms with Gasteiger partial charge >= 0.3 is 0 Å². The Morgan fingerprint density at radius 1 is 1.50 bits per heavy atom. The van der Waals surface area contributed by atoms with Gasteiger partial charge in [0, 0.05) is 5.38 Å². The van der Waals surface area contributed by atoms with Crippen molar-refractivity contribution in [2.45, 2.75) is 31.1 Å². The molecule has 1 aromatic carbocycles. The van der Waals surface area contributed by atoms with Crippen LogP contribution >= 0.6 is 11.6 Å². The number of benzene rings is 1. The molecular weight excluding hydrogens is 168 g/mol. The van der Waals surface area contributed by atoms with Gasteiger partial charge in [0.2, 0.25) is 0 Å². The molecule has 0 spiro atoms. The molecule has 1 aliphatic rings. The first-order valence-corrected chi connectivity index (χ1v) is 4.93. The van der Waals surface area contributed by atoms with Crippen molar-refractivity contribution in [3.63, 3.8) is 0 Å². The number of alkyl halides is 1. The van der Waals surface area contributed by atoms with Gasteiger partial charge in [0.05, 0.1) is 0 Å². The van der Waals surface area contributed by atoms with Gasteiger partial charge < -0.3 is 0 Å². The summed E-state index contributed by atoms with van der Waals surface area (Å²) in [6.45, 7) is 2.07. The van der Waals surface area contributed by atoms with Crippen molar-refractivity contribution < 1.29 is 0 Å². The van der Waals surface area contributed by atoms with E-state index in [0.717, 1.165) is 12.3 Å². The Kier molecular flexibility index (Phi) is 2.10. The molecule has 0 saturated carbocycles. The lowest BCUT2D eigenvalue weighted by Crippen LogP contribution is -2.19. The maximum absolute atomic E-state index is 5.95. The van der Waals surface area contributed by atoms with E-state index in [0.29, 0.717) is 5.38 Å². The average Bonchev–Trinajstić information content (AvgIpc) is 2.00. The second kappa shape index (κ2) is 3.10. The van der Waals surface area contributed by atoms with Crippen LogP contribution in [0.3, 0.4) is 0 Å². The number of fused-ring (bicyclic) bond motifs is 1. The van der Waals surface area contributed by atoms with Crippen LogP contribution in [0.15, 0.2) is 24.3 Å². The molecule has 0 aromatic heterocycles. The normalized spacial score (nSPS) is 22.7. The van der Waals surface area contributed by atoms with E-state index in [1.807, 2.05) is 0 Å². The lowest BCUT2D eigenvalue weighted by Gasteiger charge is -2.30. The van der Waals surface area contributed by atoms with Gasteiger partial charge in [-0.05, 0) is 36.8 Å². The molecule has 0 fully saturated rings. The summed E-state index contributed by atoms with van der Waals surface area (Å²) in [5.74, 6) is 0.730. The highest BCUT2D eigenvalue weighted by atomic mass is 35.5. The highest BCUT2D eigenvalue weighted by Gasteiger charge is 2.25. The van der Waals surface area contributed by atoms with Crippen molar-refractivity contribution in [1.82, 2.24) is 0 Å². The highest BCUT2D eigenvalue weighted by Crippen LogP contribution is 2.38. The topological polar surface area (TPSA) is 0 Å². The molecule has 1 heteroatoms. The van der Waals surface area contributed by atoms with Crippen LogP contribution in [0.25, 0.3) is 0 Å². The molecule has 2 unspecified atom stereocenters. The van der Waals surface area contributed by atoms with Crippen LogP contribution in [0.2, 0.25) is 0 Å². The van der Waals surface area contributed by atoms with Crippen molar-refractivity contribution in [2.24, 2.45) is 0 Å². The van der Waals surface area contributed by atoms with E-state index in [-0.39, 0.29) is 0 Å². The summed E-state index contributed by atoms with van der Waals surface area (Å²) in [6.07, 6.45) is 2.35. The number of hydrogen-bond donors (Lipinski definition) is 0. The predicted molar refractivity (Wildman–Crippen MR) is 52.8 cm³/mol. The largest absolute Gasteiger partial charge is 0.123 e. The monoisotopic (exact) mass is 180 g/mol. The SMILES string of the molecule is CC(Cl)CC1Cc2ccccc21. The first-order chi connectivity index (χ1) is 5.77. The van der Waals surface area contributed by atoms with Crippen LogP contribution in [0.5, 0.6) is 0 Å². The standard InChI is InChI=1S/C11H13Cl/c1-8(12)6-10-7-9-4-2-3-5-11(9)10/h2-5,8,10H,6-7H2,1H3. The van der Waals surface area contributed by atoms with Crippen molar-refractivity contribution in [1.29, 1.82) is 0 Å². The molecule has 1 aliphatic carbocycles. The maximum Gasteiger partial charge on any atom is 0.0313 e. The van der Waals surface area contributed by atoms with Crippen LogP contribution in [0, 0.1) is 0 Å². The Hall–Kier alpha value is -0.490. The lowest BCUT2D eigenvalue weighted by atomic mass is 9.75. The summed E-state index contributed by atoms with van der Waals surface area (Å²) in [4.78, 5) is 0. The molecule has 0 bridgehead atoms. The Balaban J connectivity index is 2.10. The number of hydrogen-bond acceptors (Lipinski definition) is 0. The fourth-order valence-electron chi connectivity index (χ4n) is 1.97. The number of halogens is 1. The summed E-state index contributed by atoms with van der Waals surface area (Å²) in [5, 5.41) is 0.309. The summed E-state index contributed by atoms with van der Waals surface area (Å²) < 4.78 is 0. The Labute approximate surface area is 78.6 Å². The average molecular weight is 181 g/mol. The first-order valence-electron chi connectivity index (χ1n) is 4.49. The van der Waals surface area contributed by atoms with Crippen molar-refractivity contribution in [2.75, 3.05) is 0 Å². The Morgan fingerprint density at radius 3 is 2.92 bits per heavy atom. The van der Waals surface area contributed by atoms with Gasteiger partial charge in [-0.1, -0.05) is 24.3 Å². The van der Waals surface area contributed by atoms with Crippen LogP contribution < -0.4 is 0 Å². The van der Waals surface area contributed by atoms with Crippen LogP contribution in [-0.4, -0.2) is 5.38 Å². The second-order valence-corrected chi connectivity index (χ2v) is 4.36. The van der Waals surface area contributed by atoms with Gasteiger partial charge in [-0.2, -0.15) is 0 Å². The molecule has 0 N–H and O–H groups in total. The minimum Gasteiger partial charge on any atom is -0.123 e. The van der Waals surface area contributed by atoms with Crippen LogP contribution in [0.1, 0.15) is 30.4 Å². The summed E-state index contributed by atoms with van der Waals surface area (Å²) in [5.41, 5.74) is 3.03. The summed E-state index contributed by atoms with van der Waals surface area (Å²) >= 11 is 5.95. The number of rotatable bonds is 2. The molecule has 2 atom stereocenters. The van der Waals surface area contributed by atoms with E-state index in [4.69, 9.17) is 11.6 Å². The second-order valence-electron chi connectivity index (χ2n) is 3.62. The lowest BCUT2D eigenvalue weighted by molar-refractivity contribution is 0.555. The molecule has 12 heavy (non-hydrogen) atoms. The van der Waals surface area contributed by atoms with Crippen LogP contribution in [0.4, 0.5) is 0 Å². The van der Waals surface area contributed by atoms with Gasteiger partial charge in [-0.15, -0.1) is 11.6 Å². The molecule has 0 radical (unpaired) electrons. The molecule has 0 aliphatic heterocycles. The van der Waals surface area contributed by atoms with E-state index >= 15 is 0 Å². The smallest absolute Gasteiger partial charge is 0.0313 e. The zero-order valence-corrected chi connectivity index (χ0v) is 8.01. The third-order valence-electron chi connectivity index (χ3n) is 2.57. The molecule has 0 heterocycles. The molecule has 0 nitrogen and oxygen atoms in total. The van der Waals surface area contributed by atoms with E-state index in [1.54, 1.807) is 0 Å². The fraction of sp³-hybridized carbons (Fsp3) is 0.455. The van der Waals surface area contributed by atoms with Gasteiger partial charge in [0.25, 0.3) is 0 Å². The Morgan fingerprint density at radius 2 is 2.25 bits per heavy atom. The molecule has 2 rings (SSSR count). The minimum atomic E-state index is 0.309. The van der Waals surface area contributed by atoms with E-state index in [9.17, 15) is 0 Å². The minimum absolute atomic E-state index is 0.309.